The van der Waals surface area contributed by atoms with E-state index in [1.54, 1.807) is 4.90 Å². The monoisotopic (exact) mass is 213 g/mol. The molecule has 2 rings (SSSR count). The Morgan fingerprint density at radius 3 is 2.60 bits per heavy atom. The highest BCUT2D eigenvalue weighted by atomic mass is 16.5. The Labute approximate surface area is 90.2 Å². The first kappa shape index (κ1) is 10.9. The summed E-state index contributed by atoms with van der Waals surface area (Å²) in [5, 5.41) is 9.78. The van der Waals surface area contributed by atoms with E-state index in [9.17, 15) is 9.90 Å². The predicted molar refractivity (Wildman–Crippen MR) is 55.0 cm³/mol. The number of carbonyl (C=O) groups excluding carboxylic acids is 1. The molecule has 1 amide bonds. The highest BCUT2D eigenvalue weighted by Gasteiger charge is 2.54. The Hall–Kier alpha value is -0.610. The summed E-state index contributed by atoms with van der Waals surface area (Å²) in [5.74, 6) is 0.0109. The number of fused-ring (bicyclic) bond motifs is 1. The summed E-state index contributed by atoms with van der Waals surface area (Å²) in [6.07, 6.45) is -0.608. The van der Waals surface area contributed by atoms with Crippen LogP contribution >= 0.6 is 0 Å². The van der Waals surface area contributed by atoms with Gasteiger partial charge >= 0.3 is 0 Å². The molecule has 0 bridgehead atoms. The van der Waals surface area contributed by atoms with Gasteiger partial charge in [-0.1, -0.05) is 20.8 Å². The second-order valence-corrected chi connectivity index (χ2v) is 5.62. The highest BCUT2D eigenvalue weighted by Crippen LogP contribution is 2.40. The van der Waals surface area contributed by atoms with Crippen molar-refractivity contribution in [2.45, 2.75) is 58.6 Å². The van der Waals surface area contributed by atoms with Crippen LogP contribution in [-0.2, 0) is 9.53 Å². The van der Waals surface area contributed by atoms with Crippen molar-refractivity contribution in [1.29, 1.82) is 0 Å². The molecule has 4 nitrogen and oxygen atoms in total. The summed E-state index contributed by atoms with van der Waals surface area (Å²) in [4.78, 5) is 13.5. The molecule has 2 heterocycles. The molecule has 0 unspecified atom stereocenters. The van der Waals surface area contributed by atoms with Crippen LogP contribution in [0.4, 0.5) is 0 Å². The van der Waals surface area contributed by atoms with E-state index in [0.29, 0.717) is 0 Å². The van der Waals surface area contributed by atoms with Crippen LogP contribution in [0.5, 0.6) is 0 Å². The van der Waals surface area contributed by atoms with Crippen LogP contribution in [0.2, 0.25) is 0 Å². The molecule has 4 heteroatoms. The zero-order valence-electron chi connectivity index (χ0n) is 9.73. The maximum atomic E-state index is 11.8. The topological polar surface area (TPSA) is 49.8 Å². The Bertz CT molecular complexity index is 284. The predicted octanol–water partition coefficient (Wildman–Crippen LogP) is 0.739. The molecule has 4 atom stereocenters. The first-order chi connectivity index (χ1) is 6.82. The van der Waals surface area contributed by atoms with Crippen molar-refractivity contribution in [2.24, 2.45) is 5.41 Å². The molecule has 0 aromatic rings. The molecule has 2 fully saturated rings. The smallest absolute Gasteiger partial charge is 0.227 e. The molecule has 2 aliphatic heterocycles. The average Bonchev–Trinajstić information content (AvgIpc) is 2.53. The minimum absolute atomic E-state index is 0.0109. The van der Waals surface area contributed by atoms with Crippen LogP contribution < -0.4 is 0 Å². The maximum absolute atomic E-state index is 11.8. The van der Waals surface area contributed by atoms with E-state index >= 15 is 0 Å². The molecule has 2 aliphatic rings. The number of rotatable bonds is 0. The molecule has 0 aromatic heterocycles. The largest absolute Gasteiger partial charge is 0.390 e. The number of nitrogens with zero attached hydrogens (tertiary/aromatic N) is 1. The van der Waals surface area contributed by atoms with E-state index in [2.05, 4.69) is 0 Å². The number of aliphatic hydroxyl groups is 1. The van der Waals surface area contributed by atoms with Gasteiger partial charge < -0.3 is 14.7 Å². The Morgan fingerprint density at radius 1 is 1.47 bits per heavy atom. The van der Waals surface area contributed by atoms with Crippen molar-refractivity contribution < 1.29 is 14.6 Å². The SMILES string of the molecule is C[C@H]1O[C@H](C(C)(C)C)N2C(=O)C[C@@H](O)[C@@H]12. The Kier molecular flexibility index (Phi) is 2.32. The molecular formula is C11H19NO3. The lowest BCUT2D eigenvalue weighted by molar-refractivity contribution is -0.140. The average molecular weight is 213 g/mol. The van der Waals surface area contributed by atoms with Crippen molar-refractivity contribution >= 4 is 5.91 Å². The highest BCUT2D eigenvalue weighted by molar-refractivity contribution is 5.80. The zero-order valence-corrected chi connectivity index (χ0v) is 9.73. The summed E-state index contributed by atoms with van der Waals surface area (Å²) < 4.78 is 5.78. The number of hydrogen-bond acceptors (Lipinski definition) is 3. The number of ether oxygens (including phenoxy) is 1. The van der Waals surface area contributed by atoms with E-state index in [1.807, 2.05) is 27.7 Å². The van der Waals surface area contributed by atoms with E-state index < -0.39 is 6.10 Å². The van der Waals surface area contributed by atoms with Crippen molar-refractivity contribution in [3.8, 4) is 0 Å². The van der Waals surface area contributed by atoms with Gasteiger partial charge in [-0.3, -0.25) is 4.79 Å². The Balaban J connectivity index is 2.29. The minimum atomic E-state index is -0.570. The van der Waals surface area contributed by atoms with Gasteiger partial charge in [0.15, 0.2) is 0 Å². The number of carbonyl (C=O) groups is 1. The van der Waals surface area contributed by atoms with E-state index in [-0.39, 0.29) is 36.1 Å². The molecule has 0 aliphatic carbocycles. The van der Waals surface area contributed by atoms with Crippen molar-refractivity contribution in [3.63, 3.8) is 0 Å². The number of amides is 1. The third kappa shape index (κ3) is 1.56. The quantitative estimate of drug-likeness (QED) is 0.645. The summed E-state index contributed by atoms with van der Waals surface area (Å²) in [7, 11) is 0. The van der Waals surface area contributed by atoms with Gasteiger partial charge in [0.05, 0.1) is 24.7 Å². The first-order valence-corrected chi connectivity index (χ1v) is 5.47. The lowest BCUT2D eigenvalue weighted by atomic mass is 9.93. The number of hydrogen-bond donors (Lipinski definition) is 1. The molecule has 0 aromatic carbocycles. The van der Waals surface area contributed by atoms with Crippen molar-refractivity contribution in [1.82, 2.24) is 4.90 Å². The molecule has 0 spiro atoms. The molecular weight excluding hydrogens is 194 g/mol. The third-order valence-corrected chi connectivity index (χ3v) is 3.21. The van der Waals surface area contributed by atoms with Crippen LogP contribution in [0, 0.1) is 5.41 Å². The van der Waals surface area contributed by atoms with Crippen LogP contribution in [0.25, 0.3) is 0 Å². The molecule has 1 N–H and O–H groups in total. The minimum Gasteiger partial charge on any atom is -0.390 e. The lowest BCUT2D eigenvalue weighted by Crippen LogP contribution is -2.44. The van der Waals surface area contributed by atoms with Crippen LogP contribution in [0.15, 0.2) is 0 Å². The van der Waals surface area contributed by atoms with E-state index in [1.165, 1.54) is 0 Å². The molecule has 2 saturated heterocycles. The maximum Gasteiger partial charge on any atom is 0.227 e. The van der Waals surface area contributed by atoms with Gasteiger partial charge in [-0.2, -0.15) is 0 Å². The van der Waals surface area contributed by atoms with Crippen molar-refractivity contribution in [3.05, 3.63) is 0 Å². The van der Waals surface area contributed by atoms with Gasteiger partial charge in [-0.15, -0.1) is 0 Å². The number of aliphatic hydroxyl groups excluding tert-OH is 1. The fourth-order valence-electron chi connectivity index (χ4n) is 2.55. The second-order valence-electron chi connectivity index (χ2n) is 5.62. The fourth-order valence-corrected chi connectivity index (χ4v) is 2.55. The van der Waals surface area contributed by atoms with E-state index in [0.717, 1.165) is 0 Å². The zero-order chi connectivity index (χ0) is 11.4. The summed E-state index contributed by atoms with van der Waals surface area (Å²) >= 11 is 0. The van der Waals surface area contributed by atoms with Gasteiger partial charge in [0.2, 0.25) is 5.91 Å². The van der Waals surface area contributed by atoms with Gasteiger partial charge in [0.25, 0.3) is 0 Å². The van der Waals surface area contributed by atoms with Gasteiger partial charge in [-0.05, 0) is 6.92 Å². The van der Waals surface area contributed by atoms with Gasteiger partial charge in [0, 0.05) is 5.41 Å². The van der Waals surface area contributed by atoms with Gasteiger partial charge in [0.1, 0.15) is 6.23 Å². The summed E-state index contributed by atoms with van der Waals surface area (Å²) in [5.41, 5.74) is -0.108. The van der Waals surface area contributed by atoms with Crippen LogP contribution in [-0.4, -0.2) is 40.4 Å². The summed E-state index contributed by atoms with van der Waals surface area (Å²) in [6.45, 7) is 8.06. The van der Waals surface area contributed by atoms with E-state index in [4.69, 9.17) is 4.74 Å². The first-order valence-electron chi connectivity index (χ1n) is 5.47. The van der Waals surface area contributed by atoms with Crippen LogP contribution in [0.1, 0.15) is 34.1 Å². The molecule has 0 saturated carbocycles. The normalized spacial score (nSPS) is 41.1. The molecule has 0 radical (unpaired) electrons. The van der Waals surface area contributed by atoms with Gasteiger partial charge in [-0.25, -0.2) is 0 Å². The van der Waals surface area contributed by atoms with Crippen LogP contribution in [0.3, 0.4) is 0 Å². The fraction of sp³-hybridized carbons (Fsp3) is 0.909. The molecule has 15 heavy (non-hydrogen) atoms. The Morgan fingerprint density at radius 2 is 2.07 bits per heavy atom. The van der Waals surface area contributed by atoms with Crippen molar-refractivity contribution in [2.75, 3.05) is 0 Å². The lowest BCUT2D eigenvalue weighted by Gasteiger charge is -2.32. The molecule has 86 valence electrons. The standard InChI is InChI=1S/C11H19NO3/c1-6-9-7(13)5-8(14)12(9)10(15-6)11(2,3)4/h6-7,9-10,13H,5H2,1-4H3/t6-,7-,9-,10-/m1/s1. The second kappa shape index (κ2) is 3.19. The summed E-state index contributed by atoms with van der Waals surface area (Å²) in [6, 6.07) is -0.151. The third-order valence-electron chi connectivity index (χ3n) is 3.21.